The van der Waals surface area contributed by atoms with Crippen LogP contribution in [0.4, 0.5) is 0 Å². The smallest absolute Gasteiger partial charge is 0.306 e. The summed E-state index contributed by atoms with van der Waals surface area (Å²) in [5.74, 6) is -0.968. The first kappa shape index (κ1) is 62.1. The summed E-state index contributed by atoms with van der Waals surface area (Å²) >= 11 is 0. The summed E-state index contributed by atoms with van der Waals surface area (Å²) in [6.07, 6.45) is 66.4. The van der Waals surface area contributed by atoms with E-state index in [1.165, 1.54) is 167 Å². The zero-order valence-electron chi connectivity index (χ0n) is 43.0. The number of esters is 3. The lowest BCUT2D eigenvalue weighted by molar-refractivity contribution is -0.166. The number of carbonyl (C=O) groups is 3. The van der Waals surface area contributed by atoms with Crippen LogP contribution in [-0.4, -0.2) is 37.2 Å². The van der Waals surface area contributed by atoms with Gasteiger partial charge in [-0.05, 0) is 57.8 Å². The Kier molecular flexibility index (Phi) is 51.3. The summed E-state index contributed by atoms with van der Waals surface area (Å²) < 4.78 is 16.8. The maximum absolute atomic E-state index is 12.8. The summed E-state index contributed by atoms with van der Waals surface area (Å²) in [4.78, 5) is 38.0. The van der Waals surface area contributed by atoms with Gasteiger partial charge in [0.05, 0.1) is 0 Å². The van der Waals surface area contributed by atoms with E-state index in [-0.39, 0.29) is 37.5 Å². The number of carbonyl (C=O) groups excluding carboxylic acids is 3. The lowest BCUT2D eigenvalue weighted by atomic mass is 10.0. The van der Waals surface area contributed by atoms with Crippen molar-refractivity contribution in [3.05, 3.63) is 60.8 Å². The fraction of sp³-hybridized carbons (Fsp3) is 0.780. The molecule has 0 aliphatic heterocycles. The number of ether oxygens (including phenoxy) is 3. The van der Waals surface area contributed by atoms with Gasteiger partial charge in [0.25, 0.3) is 0 Å². The lowest BCUT2D eigenvalue weighted by Gasteiger charge is -2.18. The summed E-state index contributed by atoms with van der Waals surface area (Å²) in [6.45, 7) is 6.57. The lowest BCUT2D eigenvalue weighted by Crippen LogP contribution is -2.30. The van der Waals surface area contributed by atoms with Crippen LogP contribution in [-0.2, 0) is 28.6 Å². The van der Waals surface area contributed by atoms with Gasteiger partial charge in [-0.3, -0.25) is 14.4 Å². The summed E-state index contributed by atoms with van der Waals surface area (Å²) in [7, 11) is 0. The summed E-state index contributed by atoms with van der Waals surface area (Å²) in [5, 5.41) is 0. The van der Waals surface area contributed by atoms with Gasteiger partial charge in [0, 0.05) is 19.3 Å². The predicted molar refractivity (Wildman–Crippen MR) is 279 cm³/mol. The molecule has 0 heterocycles. The van der Waals surface area contributed by atoms with Crippen LogP contribution in [0.5, 0.6) is 0 Å². The molecule has 6 nitrogen and oxygen atoms in total. The van der Waals surface area contributed by atoms with E-state index in [9.17, 15) is 14.4 Å². The highest BCUT2D eigenvalue weighted by Gasteiger charge is 2.19. The molecule has 0 saturated carbocycles. The highest BCUT2D eigenvalue weighted by Crippen LogP contribution is 2.16. The van der Waals surface area contributed by atoms with Crippen LogP contribution in [0.2, 0.25) is 0 Å². The zero-order chi connectivity index (χ0) is 47.2. The number of rotatable bonds is 50. The molecule has 0 spiro atoms. The molecule has 0 aliphatic rings. The van der Waals surface area contributed by atoms with Gasteiger partial charge in [0.15, 0.2) is 6.10 Å². The topological polar surface area (TPSA) is 78.9 Å². The van der Waals surface area contributed by atoms with E-state index in [1.54, 1.807) is 0 Å². The molecule has 0 saturated heterocycles. The van der Waals surface area contributed by atoms with E-state index in [0.29, 0.717) is 19.3 Å². The Bertz CT molecular complexity index is 1180. The molecule has 0 unspecified atom stereocenters. The van der Waals surface area contributed by atoms with Crippen LogP contribution < -0.4 is 0 Å². The van der Waals surface area contributed by atoms with Crippen molar-refractivity contribution in [1.82, 2.24) is 0 Å². The molecule has 0 amide bonds. The van der Waals surface area contributed by atoms with E-state index in [2.05, 4.69) is 75.5 Å². The second-order valence-corrected chi connectivity index (χ2v) is 18.5. The third kappa shape index (κ3) is 51.9. The van der Waals surface area contributed by atoms with Gasteiger partial charge >= 0.3 is 17.9 Å². The van der Waals surface area contributed by atoms with E-state index in [4.69, 9.17) is 14.2 Å². The van der Waals surface area contributed by atoms with Crippen molar-refractivity contribution in [3.8, 4) is 0 Å². The van der Waals surface area contributed by atoms with Crippen LogP contribution in [0.15, 0.2) is 60.8 Å². The Morgan fingerprint density at radius 3 is 0.954 bits per heavy atom. The van der Waals surface area contributed by atoms with Crippen molar-refractivity contribution in [3.63, 3.8) is 0 Å². The van der Waals surface area contributed by atoms with E-state index >= 15 is 0 Å². The SMILES string of the molecule is CCCCC/C=C\C/C=C\C/C=C\C/C=C\C/C=C\CCC(=O)OC[C@H](COC(=O)CCCCCCCCCCCCCCCCC)OC(=O)CCCCCCCCCCCCCCC. The van der Waals surface area contributed by atoms with Crippen molar-refractivity contribution >= 4 is 17.9 Å². The normalized spacial score (nSPS) is 12.5. The van der Waals surface area contributed by atoms with Gasteiger partial charge in [-0.2, -0.15) is 0 Å². The number of allylic oxidation sites excluding steroid dienone is 10. The van der Waals surface area contributed by atoms with Crippen molar-refractivity contribution in [2.45, 2.75) is 284 Å². The molecule has 0 rings (SSSR count). The van der Waals surface area contributed by atoms with Gasteiger partial charge in [-0.25, -0.2) is 0 Å². The van der Waals surface area contributed by atoms with E-state index < -0.39 is 6.10 Å². The molecule has 0 aliphatic carbocycles. The van der Waals surface area contributed by atoms with Crippen molar-refractivity contribution < 1.29 is 28.6 Å². The summed E-state index contributed by atoms with van der Waals surface area (Å²) in [5.41, 5.74) is 0. The first-order chi connectivity index (χ1) is 32.0. The maximum Gasteiger partial charge on any atom is 0.306 e. The van der Waals surface area contributed by atoms with Crippen LogP contribution in [0.1, 0.15) is 278 Å². The van der Waals surface area contributed by atoms with E-state index in [0.717, 1.165) is 64.2 Å². The second-order valence-electron chi connectivity index (χ2n) is 18.5. The summed E-state index contributed by atoms with van der Waals surface area (Å²) in [6, 6.07) is 0. The molecule has 0 aromatic carbocycles. The highest BCUT2D eigenvalue weighted by atomic mass is 16.6. The van der Waals surface area contributed by atoms with Gasteiger partial charge < -0.3 is 14.2 Å². The molecule has 0 bridgehead atoms. The van der Waals surface area contributed by atoms with Gasteiger partial charge in [-0.1, -0.05) is 261 Å². The highest BCUT2D eigenvalue weighted by molar-refractivity contribution is 5.71. The molecule has 0 N–H and O–H groups in total. The Labute approximate surface area is 402 Å². The molecule has 0 fully saturated rings. The predicted octanol–water partition coefficient (Wildman–Crippen LogP) is 18.4. The number of hydrogen-bond acceptors (Lipinski definition) is 6. The van der Waals surface area contributed by atoms with Gasteiger partial charge in [0.1, 0.15) is 13.2 Å². The molecule has 0 aromatic heterocycles. The molecule has 0 aromatic rings. The minimum atomic E-state index is -0.800. The number of unbranched alkanes of at least 4 members (excludes halogenated alkanes) is 29. The largest absolute Gasteiger partial charge is 0.462 e. The van der Waals surface area contributed by atoms with Crippen LogP contribution >= 0.6 is 0 Å². The minimum Gasteiger partial charge on any atom is -0.462 e. The van der Waals surface area contributed by atoms with Crippen LogP contribution in [0.3, 0.4) is 0 Å². The van der Waals surface area contributed by atoms with Crippen LogP contribution in [0.25, 0.3) is 0 Å². The molecule has 0 radical (unpaired) electrons. The Hall–Kier alpha value is -2.89. The zero-order valence-corrected chi connectivity index (χ0v) is 43.0. The van der Waals surface area contributed by atoms with Gasteiger partial charge in [-0.15, -0.1) is 0 Å². The third-order valence-corrected chi connectivity index (χ3v) is 12.0. The maximum atomic E-state index is 12.8. The minimum absolute atomic E-state index is 0.0931. The molecule has 376 valence electrons. The van der Waals surface area contributed by atoms with Crippen LogP contribution in [0, 0.1) is 0 Å². The van der Waals surface area contributed by atoms with Crippen molar-refractivity contribution in [2.24, 2.45) is 0 Å². The number of hydrogen-bond donors (Lipinski definition) is 0. The second kappa shape index (κ2) is 53.7. The van der Waals surface area contributed by atoms with Crippen molar-refractivity contribution in [1.29, 1.82) is 0 Å². The monoisotopic (exact) mass is 909 g/mol. The van der Waals surface area contributed by atoms with Crippen molar-refractivity contribution in [2.75, 3.05) is 13.2 Å². The Balaban J connectivity index is 4.45. The first-order valence-electron chi connectivity index (χ1n) is 27.8. The van der Waals surface area contributed by atoms with Gasteiger partial charge in [0.2, 0.25) is 0 Å². The standard InChI is InChI=1S/C59H104O6/c1-4-7-10-13-16-19-22-25-27-28-29-30-32-35-37-40-43-46-49-52-58(61)64-55-56(65-59(62)53-50-47-44-41-38-33-24-21-18-15-12-9-6-3)54-63-57(60)51-48-45-42-39-36-34-31-26-23-20-17-14-11-8-5-2/h16,19,25,27,29-30,35,37,43,46,56H,4-15,17-18,20-24,26,28,31-34,36,38-42,44-45,47-55H2,1-3H3/b19-16-,27-25-,30-29-,37-35-,46-43-/t56-/m0/s1. The third-order valence-electron chi connectivity index (χ3n) is 12.0. The average molecular weight is 909 g/mol. The fourth-order valence-corrected chi connectivity index (χ4v) is 7.84. The molecule has 1 atom stereocenters. The quantitative estimate of drug-likeness (QED) is 0.0262. The molecular weight excluding hydrogens is 805 g/mol. The molecule has 65 heavy (non-hydrogen) atoms. The first-order valence-corrected chi connectivity index (χ1v) is 27.8. The average Bonchev–Trinajstić information content (AvgIpc) is 3.30. The Morgan fingerprint density at radius 1 is 0.308 bits per heavy atom. The fourth-order valence-electron chi connectivity index (χ4n) is 7.84. The van der Waals surface area contributed by atoms with E-state index in [1.807, 2.05) is 6.08 Å². The Morgan fingerprint density at radius 2 is 0.585 bits per heavy atom. The molecular formula is C59H104O6. The molecule has 6 heteroatoms.